The molecule has 2 aliphatic heterocycles. The van der Waals surface area contributed by atoms with Gasteiger partial charge in [-0.3, -0.25) is 9.78 Å². The molecule has 0 aliphatic carbocycles. The van der Waals surface area contributed by atoms with Gasteiger partial charge in [0.1, 0.15) is 10.6 Å². The van der Waals surface area contributed by atoms with Gasteiger partial charge in [-0.25, -0.2) is 13.4 Å². The molecule has 1 saturated heterocycles. The lowest BCUT2D eigenvalue weighted by Crippen LogP contribution is -2.52. The first-order valence-electron chi connectivity index (χ1n) is 8.48. The van der Waals surface area contributed by atoms with E-state index in [0.717, 1.165) is 0 Å². The molecule has 0 radical (unpaired) electrons. The average molecular weight is 373 g/mol. The Hall–Kier alpha value is -2.52. The van der Waals surface area contributed by atoms with Gasteiger partial charge in [-0.2, -0.15) is 4.72 Å². The Morgan fingerprint density at radius 1 is 1.15 bits per heavy atom. The molecule has 1 amide bonds. The summed E-state index contributed by atoms with van der Waals surface area (Å²) >= 11 is 0. The molecule has 1 aromatic heterocycles. The lowest BCUT2D eigenvalue weighted by molar-refractivity contribution is 0.0673. The minimum absolute atomic E-state index is 0.101. The van der Waals surface area contributed by atoms with Crippen LogP contribution >= 0.6 is 0 Å². The molecular formula is C17H19N5O3S. The molecule has 1 aromatic carbocycles. The van der Waals surface area contributed by atoms with Crippen LogP contribution in [-0.4, -0.2) is 48.4 Å². The smallest absolute Gasteiger partial charge is 0.274 e. The summed E-state index contributed by atoms with van der Waals surface area (Å²) in [5.74, 6) is -0.0388. The predicted molar refractivity (Wildman–Crippen MR) is 94.8 cm³/mol. The second-order valence-electron chi connectivity index (χ2n) is 6.46. The number of fused-ring (bicyclic) bond motifs is 1. The summed E-state index contributed by atoms with van der Waals surface area (Å²) in [4.78, 5) is 22.4. The lowest BCUT2D eigenvalue weighted by atomic mass is 9.93. The maximum atomic E-state index is 12.5. The Bertz CT molecular complexity index is 911. The van der Waals surface area contributed by atoms with Crippen LogP contribution in [0.2, 0.25) is 0 Å². The number of likely N-dealkylation sites (tertiary alicyclic amines) is 1. The molecule has 1 atom stereocenters. The van der Waals surface area contributed by atoms with E-state index >= 15 is 0 Å². The topological polar surface area (TPSA) is 104 Å². The van der Waals surface area contributed by atoms with Gasteiger partial charge in [0.25, 0.3) is 5.91 Å². The molecule has 2 N–H and O–H groups in total. The van der Waals surface area contributed by atoms with Crippen molar-refractivity contribution >= 4 is 21.6 Å². The Kier molecular flexibility index (Phi) is 4.33. The molecule has 0 unspecified atom stereocenters. The first-order valence-corrected chi connectivity index (χ1v) is 9.96. The van der Waals surface area contributed by atoms with E-state index in [0.29, 0.717) is 37.3 Å². The number of piperidine rings is 1. The quantitative estimate of drug-likeness (QED) is 0.816. The largest absolute Gasteiger partial charge is 0.368 e. The van der Waals surface area contributed by atoms with Crippen LogP contribution in [0, 0.1) is 5.92 Å². The van der Waals surface area contributed by atoms with Crippen LogP contribution in [0.4, 0.5) is 5.69 Å². The normalized spacial score (nSPS) is 22.3. The Balaban J connectivity index is 1.44. The number of benzene rings is 1. The van der Waals surface area contributed by atoms with E-state index in [9.17, 15) is 13.2 Å². The van der Waals surface area contributed by atoms with Gasteiger partial charge in [0.05, 0.1) is 18.1 Å². The van der Waals surface area contributed by atoms with Gasteiger partial charge in [0, 0.05) is 25.5 Å². The Morgan fingerprint density at radius 2 is 1.92 bits per heavy atom. The fraction of sp³-hybridized carbons (Fsp3) is 0.353. The minimum atomic E-state index is -3.52. The first kappa shape index (κ1) is 16.9. The van der Waals surface area contributed by atoms with Gasteiger partial charge in [0.15, 0.2) is 0 Å². The molecule has 8 nitrogen and oxygen atoms in total. The summed E-state index contributed by atoms with van der Waals surface area (Å²) in [5.41, 5.74) is 0.950. The Morgan fingerprint density at radius 3 is 2.65 bits per heavy atom. The van der Waals surface area contributed by atoms with Gasteiger partial charge in [0.2, 0.25) is 10.0 Å². The van der Waals surface area contributed by atoms with Gasteiger partial charge in [-0.1, -0.05) is 12.1 Å². The third kappa shape index (κ3) is 3.15. The van der Waals surface area contributed by atoms with Crippen molar-refractivity contribution in [1.82, 2.24) is 19.6 Å². The number of carbonyl (C=O) groups excluding carboxylic acids is 1. The average Bonchev–Trinajstić information content (AvgIpc) is 2.68. The monoisotopic (exact) mass is 373 g/mol. The number of amides is 1. The van der Waals surface area contributed by atoms with Crippen molar-refractivity contribution in [3.63, 3.8) is 0 Å². The molecule has 136 valence electrons. The number of hydrogen-bond acceptors (Lipinski definition) is 6. The van der Waals surface area contributed by atoms with Crippen LogP contribution in [0.25, 0.3) is 0 Å². The molecule has 2 aromatic rings. The highest BCUT2D eigenvalue weighted by atomic mass is 32.2. The molecule has 4 rings (SSSR count). The van der Waals surface area contributed by atoms with Gasteiger partial charge < -0.3 is 10.2 Å². The number of nitrogens with one attached hydrogen (secondary N) is 2. The summed E-state index contributed by atoms with van der Waals surface area (Å²) in [6, 6.07) is 6.87. The van der Waals surface area contributed by atoms with E-state index < -0.39 is 10.0 Å². The number of sulfonamides is 1. The van der Waals surface area contributed by atoms with Gasteiger partial charge >= 0.3 is 0 Å². The van der Waals surface area contributed by atoms with Crippen molar-refractivity contribution in [2.75, 3.05) is 18.4 Å². The van der Waals surface area contributed by atoms with Crippen LogP contribution in [-0.2, 0) is 10.0 Å². The first-order chi connectivity index (χ1) is 12.5. The number of nitrogens with zero attached hydrogens (tertiary/aromatic N) is 3. The van der Waals surface area contributed by atoms with E-state index in [1.807, 2.05) is 6.07 Å². The number of rotatable bonds is 2. The fourth-order valence-corrected chi connectivity index (χ4v) is 4.86. The fourth-order valence-electron chi connectivity index (χ4n) is 3.47. The standard InChI is InChI=1S/C17H19N5O3S/c23-17(14-11-18-7-8-19-14)22-9-5-12(6-10-22)16-20-13-3-1-2-4-15(13)26(24,25)21-16/h1-4,7-8,11-12,16,20-21H,5-6,9-10H2/t16-/m1/s1. The van der Waals surface area contributed by atoms with Crippen molar-refractivity contribution in [2.24, 2.45) is 5.92 Å². The third-order valence-electron chi connectivity index (χ3n) is 4.85. The van der Waals surface area contributed by atoms with Crippen LogP contribution in [0.15, 0.2) is 47.8 Å². The molecule has 0 spiro atoms. The predicted octanol–water partition coefficient (Wildman–Crippen LogP) is 1.06. The second kappa shape index (κ2) is 6.65. The number of carbonyl (C=O) groups is 1. The maximum Gasteiger partial charge on any atom is 0.274 e. The van der Waals surface area contributed by atoms with E-state index in [1.54, 1.807) is 23.1 Å². The van der Waals surface area contributed by atoms with E-state index in [2.05, 4.69) is 20.0 Å². The molecule has 9 heteroatoms. The number of aromatic nitrogens is 2. The molecule has 2 aliphatic rings. The Labute approximate surface area is 151 Å². The maximum absolute atomic E-state index is 12.5. The van der Waals surface area contributed by atoms with Crippen molar-refractivity contribution < 1.29 is 13.2 Å². The van der Waals surface area contributed by atoms with Gasteiger partial charge in [-0.15, -0.1) is 0 Å². The van der Waals surface area contributed by atoms with Crippen LogP contribution in [0.3, 0.4) is 0 Å². The summed E-state index contributed by atoms with van der Waals surface area (Å²) in [6.45, 7) is 1.11. The van der Waals surface area contributed by atoms with Crippen molar-refractivity contribution in [2.45, 2.75) is 23.9 Å². The van der Waals surface area contributed by atoms with Gasteiger partial charge in [-0.05, 0) is 30.9 Å². The summed E-state index contributed by atoms with van der Waals surface area (Å²) in [5, 5.41) is 3.28. The number of para-hydroxylation sites is 1. The molecule has 0 bridgehead atoms. The molecule has 26 heavy (non-hydrogen) atoms. The van der Waals surface area contributed by atoms with Crippen LogP contribution < -0.4 is 10.0 Å². The zero-order chi connectivity index (χ0) is 18.1. The highest BCUT2D eigenvalue weighted by molar-refractivity contribution is 7.89. The highest BCUT2D eigenvalue weighted by Gasteiger charge is 2.36. The van der Waals surface area contributed by atoms with E-state index in [4.69, 9.17) is 0 Å². The minimum Gasteiger partial charge on any atom is -0.368 e. The van der Waals surface area contributed by atoms with E-state index in [1.165, 1.54) is 18.6 Å². The molecule has 0 saturated carbocycles. The number of anilines is 1. The van der Waals surface area contributed by atoms with Crippen molar-refractivity contribution in [1.29, 1.82) is 0 Å². The van der Waals surface area contributed by atoms with Crippen molar-refractivity contribution in [3.05, 3.63) is 48.5 Å². The molecule has 3 heterocycles. The summed E-state index contributed by atoms with van der Waals surface area (Å²) < 4.78 is 27.6. The zero-order valence-corrected chi connectivity index (χ0v) is 14.8. The summed E-state index contributed by atoms with van der Waals surface area (Å²) in [7, 11) is -3.52. The SMILES string of the molecule is O=C(c1cnccn1)N1CCC([C@@H]2Nc3ccccc3S(=O)(=O)N2)CC1. The van der Waals surface area contributed by atoms with Crippen molar-refractivity contribution in [3.8, 4) is 0 Å². The molecule has 1 fully saturated rings. The lowest BCUT2D eigenvalue weighted by Gasteiger charge is -2.38. The second-order valence-corrected chi connectivity index (χ2v) is 8.14. The molecular weight excluding hydrogens is 354 g/mol. The highest BCUT2D eigenvalue weighted by Crippen LogP contribution is 2.30. The van der Waals surface area contributed by atoms with E-state index in [-0.39, 0.29) is 22.9 Å². The third-order valence-corrected chi connectivity index (χ3v) is 6.35. The number of hydrogen-bond donors (Lipinski definition) is 2. The summed E-state index contributed by atoms with van der Waals surface area (Å²) in [6.07, 6.45) is 5.52. The van der Waals surface area contributed by atoms with Crippen LogP contribution in [0.1, 0.15) is 23.3 Å². The van der Waals surface area contributed by atoms with Crippen LogP contribution in [0.5, 0.6) is 0 Å². The zero-order valence-electron chi connectivity index (χ0n) is 14.0.